The summed E-state index contributed by atoms with van der Waals surface area (Å²) in [5.41, 5.74) is -0.810. The summed E-state index contributed by atoms with van der Waals surface area (Å²) in [5, 5.41) is 10.8. The van der Waals surface area contributed by atoms with Crippen LogP contribution in [-0.4, -0.2) is 29.1 Å². The Bertz CT molecular complexity index is 505. The molecule has 2 heterocycles. The molecule has 2 atom stereocenters. The van der Waals surface area contributed by atoms with E-state index in [4.69, 9.17) is 0 Å². The van der Waals surface area contributed by atoms with E-state index in [2.05, 4.69) is 4.90 Å². The zero-order valence-electron chi connectivity index (χ0n) is 11.1. The van der Waals surface area contributed by atoms with E-state index < -0.39 is 17.2 Å². The van der Waals surface area contributed by atoms with E-state index in [1.165, 1.54) is 6.92 Å². The Morgan fingerprint density at radius 2 is 2.05 bits per heavy atom. The van der Waals surface area contributed by atoms with Gasteiger partial charge in [-0.15, -0.1) is 0 Å². The van der Waals surface area contributed by atoms with Crippen LogP contribution in [0, 0.1) is 18.6 Å². The number of aryl methyl sites for hydroxylation is 1. The molecule has 2 fully saturated rings. The van der Waals surface area contributed by atoms with Crippen molar-refractivity contribution in [1.29, 1.82) is 0 Å². The van der Waals surface area contributed by atoms with E-state index in [0.717, 1.165) is 25.9 Å². The van der Waals surface area contributed by atoms with Crippen LogP contribution in [0.4, 0.5) is 8.78 Å². The van der Waals surface area contributed by atoms with Crippen LogP contribution in [0.2, 0.25) is 0 Å². The van der Waals surface area contributed by atoms with E-state index in [1.807, 2.05) is 0 Å². The molecule has 3 rings (SSSR count). The Balaban J connectivity index is 1.95. The SMILES string of the molecule is Cc1ccc(C2(O)CCN3CCCC3C2)c(F)c1F. The van der Waals surface area contributed by atoms with Gasteiger partial charge in [0.15, 0.2) is 11.6 Å². The van der Waals surface area contributed by atoms with Crippen molar-refractivity contribution in [1.82, 2.24) is 4.90 Å². The molecular weight excluding hydrogens is 248 g/mol. The summed E-state index contributed by atoms with van der Waals surface area (Å²) in [5.74, 6) is -1.71. The predicted molar refractivity (Wildman–Crippen MR) is 68.8 cm³/mol. The molecule has 2 saturated heterocycles. The second-order valence-electron chi connectivity index (χ2n) is 5.88. The molecule has 104 valence electrons. The fourth-order valence-electron chi connectivity index (χ4n) is 3.49. The summed E-state index contributed by atoms with van der Waals surface area (Å²) >= 11 is 0. The highest BCUT2D eigenvalue weighted by Crippen LogP contribution is 2.40. The summed E-state index contributed by atoms with van der Waals surface area (Å²) in [6, 6.07) is 3.40. The van der Waals surface area contributed by atoms with Gasteiger partial charge in [0, 0.05) is 18.2 Å². The summed E-state index contributed by atoms with van der Waals surface area (Å²) in [4.78, 5) is 2.34. The van der Waals surface area contributed by atoms with Gasteiger partial charge in [0.05, 0.1) is 5.60 Å². The Morgan fingerprint density at radius 1 is 1.26 bits per heavy atom. The minimum atomic E-state index is -1.22. The summed E-state index contributed by atoms with van der Waals surface area (Å²) in [7, 11) is 0. The maximum absolute atomic E-state index is 14.1. The largest absolute Gasteiger partial charge is 0.385 e. The topological polar surface area (TPSA) is 23.5 Å². The summed E-state index contributed by atoms with van der Waals surface area (Å²) in [6.45, 7) is 3.35. The molecule has 0 bridgehead atoms. The molecule has 0 spiro atoms. The highest BCUT2D eigenvalue weighted by Gasteiger charge is 2.43. The van der Waals surface area contributed by atoms with Crippen LogP contribution in [0.25, 0.3) is 0 Å². The fraction of sp³-hybridized carbons (Fsp3) is 0.600. The van der Waals surface area contributed by atoms with E-state index in [-0.39, 0.29) is 11.1 Å². The van der Waals surface area contributed by atoms with E-state index in [1.54, 1.807) is 12.1 Å². The number of aliphatic hydroxyl groups is 1. The standard InChI is InChI=1S/C15H19F2NO/c1-10-4-5-12(14(17)13(10)16)15(19)6-8-18-7-2-3-11(18)9-15/h4-5,11,19H,2-3,6-9H2,1H3. The lowest BCUT2D eigenvalue weighted by atomic mass is 9.80. The molecule has 0 aromatic heterocycles. The van der Waals surface area contributed by atoms with Crippen LogP contribution < -0.4 is 0 Å². The molecule has 2 aliphatic rings. The molecule has 19 heavy (non-hydrogen) atoms. The quantitative estimate of drug-likeness (QED) is 0.845. The van der Waals surface area contributed by atoms with Crippen LogP contribution in [-0.2, 0) is 5.60 Å². The highest BCUT2D eigenvalue weighted by molar-refractivity contribution is 5.30. The van der Waals surface area contributed by atoms with Crippen LogP contribution in [0.3, 0.4) is 0 Å². The molecule has 4 heteroatoms. The molecular formula is C15H19F2NO. The third-order valence-corrected chi connectivity index (χ3v) is 4.66. The molecule has 2 aliphatic heterocycles. The van der Waals surface area contributed by atoms with Crippen molar-refractivity contribution in [3.05, 3.63) is 34.9 Å². The van der Waals surface area contributed by atoms with Gasteiger partial charge in [0.1, 0.15) is 0 Å². The van der Waals surface area contributed by atoms with Gasteiger partial charge in [-0.3, -0.25) is 0 Å². The predicted octanol–water partition coefficient (Wildman–Crippen LogP) is 2.72. The second-order valence-corrected chi connectivity index (χ2v) is 5.88. The van der Waals surface area contributed by atoms with E-state index in [9.17, 15) is 13.9 Å². The number of piperidine rings is 1. The van der Waals surface area contributed by atoms with Gasteiger partial charge in [0.25, 0.3) is 0 Å². The van der Waals surface area contributed by atoms with Crippen molar-refractivity contribution in [2.75, 3.05) is 13.1 Å². The number of nitrogens with zero attached hydrogens (tertiary/aromatic N) is 1. The lowest BCUT2D eigenvalue weighted by molar-refractivity contribution is -0.0436. The van der Waals surface area contributed by atoms with Crippen molar-refractivity contribution < 1.29 is 13.9 Å². The molecule has 2 unspecified atom stereocenters. The average Bonchev–Trinajstić information content (AvgIpc) is 2.82. The lowest BCUT2D eigenvalue weighted by Gasteiger charge is -2.41. The monoisotopic (exact) mass is 267 g/mol. The number of benzene rings is 1. The van der Waals surface area contributed by atoms with Gasteiger partial charge in [-0.05, 0) is 44.7 Å². The zero-order valence-corrected chi connectivity index (χ0v) is 11.1. The first-order valence-corrected chi connectivity index (χ1v) is 6.93. The third-order valence-electron chi connectivity index (χ3n) is 4.66. The van der Waals surface area contributed by atoms with Gasteiger partial charge < -0.3 is 10.0 Å². The Labute approximate surface area is 112 Å². The molecule has 1 aromatic rings. The molecule has 2 nitrogen and oxygen atoms in total. The Morgan fingerprint density at radius 3 is 2.84 bits per heavy atom. The average molecular weight is 267 g/mol. The number of halogens is 2. The van der Waals surface area contributed by atoms with Crippen LogP contribution in [0.5, 0.6) is 0 Å². The number of hydrogen-bond donors (Lipinski definition) is 1. The zero-order chi connectivity index (χ0) is 13.6. The molecule has 0 radical (unpaired) electrons. The van der Waals surface area contributed by atoms with E-state index >= 15 is 0 Å². The molecule has 0 aliphatic carbocycles. The number of hydrogen-bond acceptors (Lipinski definition) is 2. The fourth-order valence-corrected chi connectivity index (χ4v) is 3.49. The number of fused-ring (bicyclic) bond motifs is 1. The summed E-state index contributed by atoms with van der Waals surface area (Å²) in [6.07, 6.45) is 3.15. The number of rotatable bonds is 1. The molecule has 0 amide bonds. The van der Waals surface area contributed by atoms with Crippen molar-refractivity contribution in [3.63, 3.8) is 0 Å². The van der Waals surface area contributed by atoms with Crippen molar-refractivity contribution in [3.8, 4) is 0 Å². The van der Waals surface area contributed by atoms with Crippen LogP contribution in [0.15, 0.2) is 12.1 Å². The van der Waals surface area contributed by atoms with Gasteiger partial charge in [-0.25, -0.2) is 8.78 Å². The van der Waals surface area contributed by atoms with Crippen LogP contribution in [0.1, 0.15) is 36.8 Å². The Hall–Kier alpha value is -1.00. The van der Waals surface area contributed by atoms with Gasteiger partial charge in [-0.1, -0.05) is 12.1 Å². The highest BCUT2D eigenvalue weighted by atomic mass is 19.2. The molecule has 1 N–H and O–H groups in total. The maximum atomic E-state index is 14.1. The van der Waals surface area contributed by atoms with Crippen molar-refractivity contribution in [2.24, 2.45) is 0 Å². The first-order chi connectivity index (χ1) is 9.01. The summed E-state index contributed by atoms with van der Waals surface area (Å²) < 4.78 is 27.8. The maximum Gasteiger partial charge on any atom is 0.165 e. The minimum Gasteiger partial charge on any atom is -0.385 e. The van der Waals surface area contributed by atoms with E-state index in [0.29, 0.717) is 18.9 Å². The van der Waals surface area contributed by atoms with Crippen LogP contribution >= 0.6 is 0 Å². The smallest absolute Gasteiger partial charge is 0.165 e. The normalized spacial score (nSPS) is 31.5. The second kappa shape index (κ2) is 4.53. The Kier molecular flexibility index (Phi) is 3.10. The van der Waals surface area contributed by atoms with Gasteiger partial charge >= 0.3 is 0 Å². The third kappa shape index (κ3) is 2.07. The lowest BCUT2D eigenvalue weighted by Crippen LogP contribution is -2.46. The van der Waals surface area contributed by atoms with Crippen molar-refractivity contribution >= 4 is 0 Å². The van der Waals surface area contributed by atoms with Gasteiger partial charge in [0.2, 0.25) is 0 Å². The first kappa shape index (κ1) is 13.0. The minimum absolute atomic E-state index is 0.127. The van der Waals surface area contributed by atoms with Gasteiger partial charge in [-0.2, -0.15) is 0 Å². The van der Waals surface area contributed by atoms with Crippen molar-refractivity contribution in [2.45, 2.75) is 44.2 Å². The molecule has 0 saturated carbocycles. The molecule has 1 aromatic carbocycles. The first-order valence-electron chi connectivity index (χ1n) is 6.93.